The third-order valence-corrected chi connectivity index (χ3v) is 5.47. The molecule has 2 aromatic heterocycles. The number of hydrogen-bond acceptors (Lipinski definition) is 3. The van der Waals surface area contributed by atoms with Gasteiger partial charge >= 0.3 is 0 Å². The van der Waals surface area contributed by atoms with Gasteiger partial charge < -0.3 is 14.7 Å². The average molecular weight is 403 g/mol. The first kappa shape index (κ1) is 18.3. The topological polar surface area (TPSA) is 87.1 Å². The van der Waals surface area contributed by atoms with Crippen molar-refractivity contribution in [3.8, 4) is 0 Å². The molecule has 0 bridgehead atoms. The highest BCUT2D eigenvalue weighted by atomic mass is 19.1. The van der Waals surface area contributed by atoms with Crippen molar-refractivity contribution in [2.45, 2.75) is 13.0 Å². The molecule has 2 amide bonds. The Morgan fingerprint density at radius 3 is 2.47 bits per heavy atom. The number of imide groups is 1. The normalized spacial score (nSPS) is 14.3. The van der Waals surface area contributed by atoms with Gasteiger partial charge in [-0.2, -0.15) is 0 Å². The molecule has 0 radical (unpaired) electrons. The van der Waals surface area contributed by atoms with Crippen molar-refractivity contribution in [2.75, 3.05) is 6.61 Å². The highest BCUT2D eigenvalue weighted by molar-refractivity contribution is 6.50. The third-order valence-electron chi connectivity index (χ3n) is 5.47. The summed E-state index contributed by atoms with van der Waals surface area (Å²) in [5.74, 6) is -1.41. The van der Waals surface area contributed by atoms with Crippen LogP contribution >= 0.6 is 0 Å². The maximum atomic E-state index is 14.7. The highest BCUT2D eigenvalue weighted by Gasteiger charge is 2.35. The maximum absolute atomic E-state index is 14.7. The number of aryl methyl sites for hydroxylation is 1. The summed E-state index contributed by atoms with van der Waals surface area (Å²) < 4.78 is 16.3. The van der Waals surface area contributed by atoms with Gasteiger partial charge in [0.1, 0.15) is 5.82 Å². The van der Waals surface area contributed by atoms with Gasteiger partial charge in [0.2, 0.25) is 0 Å². The zero-order valence-electron chi connectivity index (χ0n) is 15.9. The molecule has 4 aromatic rings. The number of para-hydroxylation sites is 2. The molecular weight excluding hydrogens is 385 g/mol. The molecular formula is C23H18FN3O3. The molecule has 0 saturated heterocycles. The van der Waals surface area contributed by atoms with Crippen LogP contribution in [0.2, 0.25) is 0 Å². The Balaban J connectivity index is 1.81. The Bertz CT molecular complexity index is 1360. The van der Waals surface area contributed by atoms with Gasteiger partial charge in [-0.05, 0) is 18.6 Å². The van der Waals surface area contributed by atoms with Crippen LogP contribution in [-0.4, -0.2) is 33.1 Å². The van der Waals surface area contributed by atoms with Crippen molar-refractivity contribution < 1.29 is 19.1 Å². The monoisotopic (exact) mass is 403 g/mol. The van der Waals surface area contributed by atoms with Gasteiger partial charge in [0, 0.05) is 53.0 Å². The average Bonchev–Trinajstić information content (AvgIpc) is 3.40. The van der Waals surface area contributed by atoms with Crippen molar-refractivity contribution in [3.05, 3.63) is 71.8 Å². The third kappa shape index (κ3) is 2.67. The van der Waals surface area contributed by atoms with Crippen molar-refractivity contribution in [3.63, 3.8) is 0 Å². The van der Waals surface area contributed by atoms with E-state index in [9.17, 15) is 19.1 Å². The summed E-state index contributed by atoms with van der Waals surface area (Å²) in [4.78, 5) is 28.7. The van der Waals surface area contributed by atoms with Crippen LogP contribution in [0.1, 0.15) is 17.5 Å². The summed E-state index contributed by atoms with van der Waals surface area (Å²) >= 11 is 0. The Labute approximate surface area is 170 Å². The van der Waals surface area contributed by atoms with E-state index < -0.39 is 17.6 Å². The van der Waals surface area contributed by atoms with Gasteiger partial charge in [-0.3, -0.25) is 14.9 Å². The maximum Gasteiger partial charge on any atom is 0.259 e. The fourth-order valence-corrected chi connectivity index (χ4v) is 4.18. The first-order valence-electron chi connectivity index (χ1n) is 9.65. The number of nitrogens with zero attached hydrogens (tertiary/aromatic N) is 1. The van der Waals surface area contributed by atoms with Crippen LogP contribution in [-0.2, 0) is 16.1 Å². The van der Waals surface area contributed by atoms with Gasteiger partial charge in [-0.25, -0.2) is 4.39 Å². The van der Waals surface area contributed by atoms with Crippen molar-refractivity contribution in [2.24, 2.45) is 0 Å². The van der Waals surface area contributed by atoms with Gasteiger partial charge in [0.05, 0.1) is 16.7 Å². The Hall–Kier alpha value is -3.71. The van der Waals surface area contributed by atoms with Crippen molar-refractivity contribution >= 4 is 44.8 Å². The standard InChI is InChI=1S/C23H18FN3O3/c24-17-7-3-6-14-16(12-27(21(14)17)9-4-10-28)20-19(22(29)26-23(20)30)15-11-25-18-8-2-1-5-13(15)18/h1-3,5-8,11-12,25,28H,4,9-10H2,(H,26,29,30). The molecule has 7 heteroatoms. The zero-order chi connectivity index (χ0) is 20.8. The number of amides is 2. The molecule has 1 aliphatic rings. The van der Waals surface area contributed by atoms with E-state index in [1.165, 1.54) is 6.07 Å². The predicted molar refractivity (Wildman–Crippen MR) is 112 cm³/mol. The smallest absolute Gasteiger partial charge is 0.259 e. The number of rotatable bonds is 5. The second-order valence-electron chi connectivity index (χ2n) is 7.23. The fourth-order valence-electron chi connectivity index (χ4n) is 4.18. The van der Waals surface area contributed by atoms with Gasteiger partial charge in [0.15, 0.2) is 0 Å². The number of halogens is 1. The van der Waals surface area contributed by atoms with Crippen LogP contribution in [0.4, 0.5) is 4.39 Å². The van der Waals surface area contributed by atoms with E-state index in [0.29, 0.717) is 35.0 Å². The number of nitrogens with one attached hydrogen (secondary N) is 2. The molecule has 30 heavy (non-hydrogen) atoms. The minimum atomic E-state index is -0.509. The van der Waals surface area contributed by atoms with Crippen LogP contribution in [0, 0.1) is 5.82 Å². The molecule has 0 aliphatic carbocycles. The quantitative estimate of drug-likeness (QED) is 0.447. The van der Waals surface area contributed by atoms with E-state index >= 15 is 0 Å². The van der Waals surface area contributed by atoms with Crippen LogP contribution in [0.25, 0.3) is 33.0 Å². The summed E-state index contributed by atoms with van der Waals surface area (Å²) in [6.07, 6.45) is 3.84. The fraction of sp³-hybridized carbons (Fsp3) is 0.130. The van der Waals surface area contributed by atoms with E-state index in [4.69, 9.17) is 0 Å². The molecule has 0 atom stereocenters. The number of carbonyl (C=O) groups excluding carboxylic acids is 2. The van der Waals surface area contributed by atoms with Crippen LogP contribution < -0.4 is 5.32 Å². The van der Waals surface area contributed by atoms with E-state index in [-0.39, 0.29) is 17.8 Å². The van der Waals surface area contributed by atoms with Gasteiger partial charge in [-0.15, -0.1) is 0 Å². The lowest BCUT2D eigenvalue weighted by Gasteiger charge is -2.03. The minimum absolute atomic E-state index is 0.0360. The number of H-pyrrole nitrogens is 1. The molecule has 1 aliphatic heterocycles. The SMILES string of the molecule is O=C1NC(=O)C(c2cn(CCCO)c3c(F)cccc23)=C1c1c[nH]c2ccccc12. The Morgan fingerprint density at radius 1 is 0.933 bits per heavy atom. The molecule has 0 unspecified atom stereocenters. The predicted octanol–water partition coefficient (Wildman–Crippen LogP) is 3.21. The van der Waals surface area contributed by atoms with Crippen LogP contribution in [0.5, 0.6) is 0 Å². The van der Waals surface area contributed by atoms with Gasteiger partial charge in [-0.1, -0.05) is 30.3 Å². The molecule has 0 saturated carbocycles. The molecule has 5 rings (SSSR count). The molecule has 3 N–H and O–H groups in total. The lowest BCUT2D eigenvalue weighted by molar-refractivity contribution is -0.122. The van der Waals surface area contributed by atoms with E-state index in [2.05, 4.69) is 10.3 Å². The number of benzene rings is 2. The molecule has 150 valence electrons. The number of aliphatic hydroxyl groups excluding tert-OH is 1. The molecule has 0 spiro atoms. The Morgan fingerprint density at radius 2 is 1.67 bits per heavy atom. The number of aromatic nitrogens is 2. The lowest BCUT2D eigenvalue weighted by atomic mass is 9.95. The number of fused-ring (bicyclic) bond motifs is 2. The molecule has 0 fully saturated rings. The van der Waals surface area contributed by atoms with E-state index in [0.717, 1.165) is 10.9 Å². The lowest BCUT2D eigenvalue weighted by Crippen LogP contribution is -2.22. The van der Waals surface area contributed by atoms with Crippen LogP contribution in [0.3, 0.4) is 0 Å². The number of aliphatic hydroxyl groups is 1. The second-order valence-corrected chi connectivity index (χ2v) is 7.23. The number of carbonyl (C=O) groups is 2. The minimum Gasteiger partial charge on any atom is -0.396 e. The number of aromatic amines is 1. The van der Waals surface area contributed by atoms with E-state index in [1.54, 1.807) is 29.1 Å². The second kappa shape index (κ2) is 6.96. The first-order chi connectivity index (χ1) is 14.6. The van der Waals surface area contributed by atoms with E-state index in [1.807, 2.05) is 24.3 Å². The molecule has 6 nitrogen and oxygen atoms in total. The zero-order valence-corrected chi connectivity index (χ0v) is 15.9. The van der Waals surface area contributed by atoms with Gasteiger partial charge in [0.25, 0.3) is 11.8 Å². The highest BCUT2D eigenvalue weighted by Crippen LogP contribution is 2.38. The van der Waals surface area contributed by atoms with Crippen molar-refractivity contribution in [1.29, 1.82) is 0 Å². The van der Waals surface area contributed by atoms with Crippen LogP contribution in [0.15, 0.2) is 54.9 Å². The molecule has 2 aromatic carbocycles. The number of hydrogen-bond donors (Lipinski definition) is 3. The summed E-state index contributed by atoms with van der Waals surface area (Å²) in [6.45, 7) is 0.352. The van der Waals surface area contributed by atoms with Crippen molar-refractivity contribution in [1.82, 2.24) is 14.9 Å². The largest absolute Gasteiger partial charge is 0.396 e. The first-order valence-corrected chi connectivity index (χ1v) is 9.65. The summed E-state index contributed by atoms with van der Waals surface area (Å²) in [7, 11) is 0. The molecule has 3 heterocycles. The Kier molecular flexibility index (Phi) is 4.25. The summed E-state index contributed by atoms with van der Waals surface area (Å²) in [5, 5.41) is 13.0. The summed E-state index contributed by atoms with van der Waals surface area (Å²) in [6, 6.07) is 12.2. The summed E-state index contributed by atoms with van der Waals surface area (Å²) in [5.41, 5.74) is 2.80.